The van der Waals surface area contributed by atoms with E-state index in [-0.39, 0.29) is 11.5 Å². The van der Waals surface area contributed by atoms with Gasteiger partial charge < -0.3 is 4.74 Å². The highest BCUT2D eigenvalue weighted by molar-refractivity contribution is 5.92. The summed E-state index contributed by atoms with van der Waals surface area (Å²) in [4.78, 5) is 10.7. The number of hydrogen-bond donors (Lipinski definition) is 0. The normalized spacial score (nSPS) is 20.5. The molecule has 86 valence electrons. The highest BCUT2D eigenvalue weighted by Crippen LogP contribution is 2.50. The molecule has 0 bridgehead atoms. The Hall–Kier alpha value is -1.83. The van der Waals surface area contributed by atoms with Crippen LogP contribution in [0.3, 0.4) is 0 Å². The molecule has 2 heteroatoms. The molecule has 0 radical (unpaired) electrons. The minimum absolute atomic E-state index is 0.163. The lowest BCUT2D eigenvalue weighted by atomic mass is 9.83. The predicted molar refractivity (Wildman–Crippen MR) is 66.9 cm³/mol. The van der Waals surface area contributed by atoms with Crippen molar-refractivity contribution in [1.82, 2.24) is 0 Å². The van der Waals surface area contributed by atoms with Crippen LogP contribution in [0.2, 0.25) is 0 Å². The molecule has 0 spiro atoms. The van der Waals surface area contributed by atoms with Crippen molar-refractivity contribution < 1.29 is 9.53 Å². The molecule has 0 saturated carbocycles. The fourth-order valence-corrected chi connectivity index (χ4v) is 2.95. The van der Waals surface area contributed by atoms with Crippen LogP contribution in [0.25, 0.3) is 10.8 Å². The minimum Gasteiger partial charge on any atom is -0.459 e. The van der Waals surface area contributed by atoms with Crippen molar-refractivity contribution in [3.05, 3.63) is 47.5 Å². The zero-order valence-corrected chi connectivity index (χ0v) is 9.94. The van der Waals surface area contributed by atoms with Gasteiger partial charge in [0.1, 0.15) is 6.10 Å². The summed E-state index contributed by atoms with van der Waals surface area (Å²) in [5.74, 6) is 0. The smallest absolute Gasteiger partial charge is 0.293 e. The minimum atomic E-state index is -0.180. The van der Waals surface area contributed by atoms with E-state index in [1.165, 1.54) is 16.3 Å². The van der Waals surface area contributed by atoms with Crippen molar-refractivity contribution in [2.24, 2.45) is 0 Å². The fraction of sp³-hybridized carbons (Fsp3) is 0.267. The van der Waals surface area contributed by atoms with Gasteiger partial charge in [-0.25, -0.2) is 0 Å². The third-order valence-electron chi connectivity index (χ3n) is 3.76. The molecule has 1 aliphatic rings. The van der Waals surface area contributed by atoms with Gasteiger partial charge in [0, 0.05) is 11.0 Å². The van der Waals surface area contributed by atoms with Crippen LogP contribution in [0.4, 0.5) is 0 Å². The molecular weight excluding hydrogens is 212 g/mol. The van der Waals surface area contributed by atoms with Crippen LogP contribution >= 0.6 is 0 Å². The molecule has 0 heterocycles. The van der Waals surface area contributed by atoms with E-state index in [0.29, 0.717) is 6.47 Å². The third kappa shape index (κ3) is 1.24. The first-order valence-corrected chi connectivity index (χ1v) is 5.77. The van der Waals surface area contributed by atoms with Gasteiger partial charge in [-0.05, 0) is 16.3 Å². The van der Waals surface area contributed by atoms with E-state index >= 15 is 0 Å². The van der Waals surface area contributed by atoms with E-state index < -0.39 is 0 Å². The Morgan fingerprint density at radius 3 is 2.59 bits per heavy atom. The second kappa shape index (κ2) is 3.33. The molecule has 2 nitrogen and oxygen atoms in total. The van der Waals surface area contributed by atoms with E-state index in [1.54, 1.807) is 0 Å². The van der Waals surface area contributed by atoms with Gasteiger partial charge in [0.15, 0.2) is 0 Å². The summed E-state index contributed by atoms with van der Waals surface area (Å²) in [5.41, 5.74) is 2.22. The average molecular weight is 226 g/mol. The third-order valence-corrected chi connectivity index (χ3v) is 3.76. The van der Waals surface area contributed by atoms with Crippen molar-refractivity contribution in [3.63, 3.8) is 0 Å². The number of benzene rings is 2. The number of ether oxygens (including phenoxy) is 1. The van der Waals surface area contributed by atoms with Gasteiger partial charge >= 0.3 is 0 Å². The maximum Gasteiger partial charge on any atom is 0.293 e. The molecule has 0 N–H and O–H groups in total. The number of hydrogen-bond acceptors (Lipinski definition) is 2. The zero-order valence-electron chi connectivity index (χ0n) is 9.94. The first-order chi connectivity index (χ1) is 8.16. The van der Waals surface area contributed by atoms with Gasteiger partial charge in [0.2, 0.25) is 0 Å². The molecule has 0 aromatic heterocycles. The number of carbonyl (C=O) groups excluding carboxylic acids is 1. The van der Waals surface area contributed by atoms with E-state index in [2.05, 4.69) is 44.2 Å². The number of carbonyl (C=O) groups is 1. The summed E-state index contributed by atoms with van der Waals surface area (Å²) in [7, 11) is 0. The SMILES string of the molecule is CC1(C)c2cccc3cccc(c23)[C@@H]1OC=O. The highest BCUT2D eigenvalue weighted by atomic mass is 16.5. The van der Waals surface area contributed by atoms with Crippen LogP contribution in [0.5, 0.6) is 0 Å². The van der Waals surface area contributed by atoms with Crippen molar-refractivity contribution in [2.45, 2.75) is 25.4 Å². The molecule has 2 aromatic rings. The van der Waals surface area contributed by atoms with E-state index in [9.17, 15) is 4.79 Å². The Bertz CT molecular complexity index is 594. The van der Waals surface area contributed by atoms with E-state index in [1.807, 2.05) is 6.07 Å². The number of rotatable bonds is 2. The second-order valence-electron chi connectivity index (χ2n) is 5.08. The monoisotopic (exact) mass is 226 g/mol. The first-order valence-electron chi connectivity index (χ1n) is 5.77. The van der Waals surface area contributed by atoms with Crippen LogP contribution < -0.4 is 0 Å². The quantitative estimate of drug-likeness (QED) is 0.734. The summed E-state index contributed by atoms with van der Waals surface area (Å²) in [6, 6.07) is 12.5. The molecule has 0 saturated heterocycles. The topological polar surface area (TPSA) is 26.3 Å². The fourth-order valence-electron chi connectivity index (χ4n) is 2.95. The molecule has 0 fully saturated rings. The lowest BCUT2D eigenvalue weighted by Gasteiger charge is -2.27. The summed E-state index contributed by atoms with van der Waals surface area (Å²) >= 11 is 0. The van der Waals surface area contributed by atoms with Crippen molar-refractivity contribution in [1.29, 1.82) is 0 Å². The Morgan fingerprint density at radius 1 is 1.18 bits per heavy atom. The molecule has 1 atom stereocenters. The molecule has 0 aliphatic heterocycles. The van der Waals surface area contributed by atoms with E-state index in [4.69, 9.17) is 4.74 Å². The Labute approximate surface area is 100 Å². The molecule has 17 heavy (non-hydrogen) atoms. The van der Waals surface area contributed by atoms with Gasteiger partial charge in [-0.15, -0.1) is 0 Å². The van der Waals surface area contributed by atoms with Crippen molar-refractivity contribution in [2.75, 3.05) is 0 Å². The van der Waals surface area contributed by atoms with Gasteiger partial charge in [0.05, 0.1) is 0 Å². The van der Waals surface area contributed by atoms with Gasteiger partial charge in [-0.3, -0.25) is 4.79 Å². The summed E-state index contributed by atoms with van der Waals surface area (Å²) in [6.45, 7) is 4.79. The Morgan fingerprint density at radius 2 is 1.88 bits per heavy atom. The molecule has 0 amide bonds. The van der Waals surface area contributed by atoms with Crippen molar-refractivity contribution in [3.8, 4) is 0 Å². The molecule has 1 aliphatic carbocycles. The van der Waals surface area contributed by atoms with Gasteiger partial charge in [-0.1, -0.05) is 50.2 Å². The Balaban J connectivity index is 2.36. The van der Waals surface area contributed by atoms with Crippen LogP contribution in [0.1, 0.15) is 31.1 Å². The zero-order chi connectivity index (χ0) is 12.0. The average Bonchev–Trinajstić information content (AvgIpc) is 2.54. The lowest BCUT2D eigenvalue weighted by Crippen LogP contribution is -2.24. The second-order valence-corrected chi connectivity index (χ2v) is 5.08. The lowest BCUT2D eigenvalue weighted by molar-refractivity contribution is -0.136. The van der Waals surface area contributed by atoms with Crippen LogP contribution in [-0.2, 0) is 14.9 Å². The highest BCUT2D eigenvalue weighted by Gasteiger charge is 2.42. The Kier molecular flexibility index (Phi) is 2.02. The molecule has 0 unspecified atom stereocenters. The molecule has 2 aromatic carbocycles. The molecule has 3 rings (SSSR count). The summed E-state index contributed by atoms with van der Waals surface area (Å²) in [6.07, 6.45) is -0.180. The summed E-state index contributed by atoms with van der Waals surface area (Å²) < 4.78 is 5.31. The predicted octanol–water partition coefficient (Wildman–Crippen LogP) is 3.35. The van der Waals surface area contributed by atoms with Crippen LogP contribution in [0.15, 0.2) is 36.4 Å². The first kappa shape index (κ1) is 10.3. The maximum absolute atomic E-state index is 10.7. The maximum atomic E-state index is 10.7. The van der Waals surface area contributed by atoms with Gasteiger partial charge in [-0.2, -0.15) is 0 Å². The summed E-state index contributed by atoms with van der Waals surface area (Å²) in [5, 5.41) is 2.46. The van der Waals surface area contributed by atoms with Crippen LogP contribution in [0, 0.1) is 0 Å². The standard InChI is InChI=1S/C15H14O2/c1-15(2)12-8-4-6-10-5-3-7-11(13(10)12)14(15)17-9-16/h3-9,14H,1-2H3/t14-/m0/s1. The molecular formula is C15H14O2. The van der Waals surface area contributed by atoms with Crippen LogP contribution in [-0.4, -0.2) is 6.47 Å². The van der Waals surface area contributed by atoms with Crippen molar-refractivity contribution >= 4 is 17.2 Å². The van der Waals surface area contributed by atoms with E-state index in [0.717, 1.165) is 5.56 Å². The largest absolute Gasteiger partial charge is 0.459 e. The van der Waals surface area contributed by atoms with Gasteiger partial charge in [0.25, 0.3) is 6.47 Å².